The van der Waals surface area contributed by atoms with Gasteiger partial charge >= 0.3 is 5.97 Å². The minimum Gasteiger partial charge on any atom is -0.481 e. The third kappa shape index (κ3) is 2.86. The zero-order chi connectivity index (χ0) is 16.6. The lowest BCUT2D eigenvalue weighted by Gasteiger charge is -2.46. The molecule has 1 aliphatic carbocycles. The average molecular weight is 319 g/mol. The molecule has 1 saturated heterocycles. The molecule has 0 bridgehead atoms. The average Bonchev–Trinajstić information content (AvgIpc) is 2.94. The fourth-order valence-corrected chi connectivity index (χ4v) is 4.32. The largest absolute Gasteiger partial charge is 0.481 e. The smallest absolute Gasteiger partial charge is 0.306 e. The molecule has 23 heavy (non-hydrogen) atoms. The van der Waals surface area contributed by atoms with Gasteiger partial charge in [0.2, 0.25) is 0 Å². The summed E-state index contributed by atoms with van der Waals surface area (Å²) >= 11 is 0. The first kappa shape index (κ1) is 16.0. The van der Waals surface area contributed by atoms with Crippen molar-refractivity contribution in [2.45, 2.75) is 58.5 Å². The summed E-state index contributed by atoms with van der Waals surface area (Å²) in [5, 5.41) is 13.9. The van der Waals surface area contributed by atoms with Gasteiger partial charge in [-0.15, -0.1) is 0 Å². The molecule has 2 fully saturated rings. The number of carbonyl (C=O) groups excluding carboxylic acids is 1. The monoisotopic (exact) mass is 319 g/mol. The number of aromatic nitrogens is 2. The lowest BCUT2D eigenvalue weighted by Crippen LogP contribution is -2.54. The number of piperidine rings is 1. The molecule has 1 N–H and O–H groups in total. The lowest BCUT2D eigenvalue weighted by molar-refractivity contribution is -0.147. The Kier molecular flexibility index (Phi) is 4.41. The number of hydrogen-bond acceptors (Lipinski definition) is 3. The number of fused-ring (bicyclic) bond motifs is 1. The van der Waals surface area contributed by atoms with Crippen molar-refractivity contribution in [3.63, 3.8) is 0 Å². The van der Waals surface area contributed by atoms with Crippen LogP contribution in [0, 0.1) is 18.8 Å². The van der Waals surface area contributed by atoms with Crippen LogP contribution < -0.4 is 0 Å². The maximum atomic E-state index is 13.0. The summed E-state index contributed by atoms with van der Waals surface area (Å²) in [6, 6.07) is 1.90. The van der Waals surface area contributed by atoms with Crippen LogP contribution in [-0.4, -0.2) is 44.3 Å². The number of rotatable bonds is 3. The second kappa shape index (κ2) is 6.34. The fraction of sp³-hybridized carbons (Fsp3) is 0.706. The van der Waals surface area contributed by atoms with Gasteiger partial charge < -0.3 is 10.0 Å². The molecular formula is C17H25N3O3. The maximum Gasteiger partial charge on any atom is 0.306 e. The first-order valence-electron chi connectivity index (χ1n) is 8.61. The summed E-state index contributed by atoms with van der Waals surface area (Å²) in [6.45, 7) is 5.06. The van der Waals surface area contributed by atoms with Crippen molar-refractivity contribution in [1.29, 1.82) is 0 Å². The molecule has 1 aliphatic heterocycles. The van der Waals surface area contributed by atoms with Gasteiger partial charge in [0, 0.05) is 19.1 Å². The number of hydrogen-bond donors (Lipinski definition) is 1. The Labute approximate surface area is 136 Å². The van der Waals surface area contributed by atoms with Crippen molar-refractivity contribution in [2.24, 2.45) is 11.8 Å². The number of carboxylic acids is 1. The highest BCUT2D eigenvalue weighted by Gasteiger charge is 2.44. The maximum absolute atomic E-state index is 13.0. The SMILES string of the molecule is CCn1nc(C)cc1C(=O)N1CCC(C(=O)O)C2CCCCC21. The van der Waals surface area contributed by atoms with E-state index in [2.05, 4.69) is 5.10 Å². The molecule has 0 aromatic carbocycles. The molecule has 6 heteroatoms. The Balaban J connectivity index is 1.87. The Hall–Kier alpha value is -1.85. The first-order valence-corrected chi connectivity index (χ1v) is 8.61. The van der Waals surface area contributed by atoms with E-state index < -0.39 is 5.97 Å². The van der Waals surface area contributed by atoms with Crippen LogP contribution in [0.15, 0.2) is 6.07 Å². The Morgan fingerprint density at radius 2 is 2.04 bits per heavy atom. The molecule has 3 rings (SSSR count). The van der Waals surface area contributed by atoms with Crippen LogP contribution in [0.4, 0.5) is 0 Å². The van der Waals surface area contributed by atoms with Gasteiger partial charge in [0.1, 0.15) is 5.69 Å². The molecular weight excluding hydrogens is 294 g/mol. The highest BCUT2D eigenvalue weighted by atomic mass is 16.4. The number of likely N-dealkylation sites (tertiary alicyclic amines) is 1. The second-order valence-corrected chi connectivity index (χ2v) is 6.73. The minimum absolute atomic E-state index is 0.00758. The van der Waals surface area contributed by atoms with Gasteiger partial charge in [-0.05, 0) is 45.1 Å². The molecule has 6 nitrogen and oxygen atoms in total. The van der Waals surface area contributed by atoms with Crippen LogP contribution in [0.5, 0.6) is 0 Å². The van der Waals surface area contributed by atoms with Gasteiger partial charge in [-0.25, -0.2) is 0 Å². The highest BCUT2D eigenvalue weighted by Crippen LogP contribution is 2.39. The zero-order valence-electron chi connectivity index (χ0n) is 13.9. The van der Waals surface area contributed by atoms with Crippen LogP contribution >= 0.6 is 0 Å². The van der Waals surface area contributed by atoms with Crippen molar-refractivity contribution in [2.75, 3.05) is 6.54 Å². The summed E-state index contributed by atoms with van der Waals surface area (Å²) in [6.07, 6.45) is 4.53. The number of amides is 1. The van der Waals surface area contributed by atoms with E-state index in [1.54, 1.807) is 4.68 Å². The van der Waals surface area contributed by atoms with Crippen molar-refractivity contribution in [1.82, 2.24) is 14.7 Å². The quantitative estimate of drug-likeness (QED) is 0.927. The van der Waals surface area contributed by atoms with Crippen molar-refractivity contribution < 1.29 is 14.7 Å². The molecule has 0 spiro atoms. The third-order valence-electron chi connectivity index (χ3n) is 5.38. The summed E-state index contributed by atoms with van der Waals surface area (Å²) in [5.41, 5.74) is 1.47. The van der Waals surface area contributed by atoms with Crippen LogP contribution in [-0.2, 0) is 11.3 Å². The highest BCUT2D eigenvalue weighted by molar-refractivity contribution is 5.93. The standard InChI is InChI=1S/C17H25N3O3/c1-3-20-15(10-11(2)18-20)16(21)19-9-8-13(17(22)23)12-6-4-5-7-14(12)19/h10,12-14H,3-9H2,1-2H3,(H,22,23). The molecule has 0 radical (unpaired) electrons. The fourth-order valence-electron chi connectivity index (χ4n) is 4.32. The normalized spacial score (nSPS) is 27.6. The van der Waals surface area contributed by atoms with Gasteiger partial charge in [-0.3, -0.25) is 14.3 Å². The van der Waals surface area contributed by atoms with Crippen LogP contribution in [0.1, 0.15) is 55.2 Å². The van der Waals surface area contributed by atoms with E-state index in [0.29, 0.717) is 25.2 Å². The number of carbonyl (C=O) groups is 2. The summed E-state index contributed by atoms with van der Waals surface area (Å²) < 4.78 is 1.75. The molecule has 1 saturated carbocycles. The van der Waals surface area contributed by atoms with E-state index >= 15 is 0 Å². The summed E-state index contributed by atoms with van der Waals surface area (Å²) in [4.78, 5) is 26.5. The van der Waals surface area contributed by atoms with E-state index in [9.17, 15) is 14.7 Å². The summed E-state index contributed by atoms with van der Waals surface area (Å²) in [7, 11) is 0. The molecule has 3 unspecified atom stereocenters. The van der Waals surface area contributed by atoms with Crippen molar-refractivity contribution >= 4 is 11.9 Å². The molecule has 1 amide bonds. The van der Waals surface area contributed by atoms with Crippen molar-refractivity contribution in [3.05, 3.63) is 17.5 Å². The number of aliphatic carboxylic acids is 1. The van der Waals surface area contributed by atoms with Crippen LogP contribution in [0.3, 0.4) is 0 Å². The number of aryl methyl sites for hydroxylation is 2. The van der Waals surface area contributed by atoms with Crippen LogP contribution in [0.25, 0.3) is 0 Å². The van der Waals surface area contributed by atoms with Gasteiger partial charge in [0.05, 0.1) is 11.6 Å². The van der Waals surface area contributed by atoms with Gasteiger partial charge in [-0.1, -0.05) is 12.8 Å². The van der Waals surface area contributed by atoms with E-state index in [0.717, 1.165) is 31.4 Å². The Morgan fingerprint density at radius 3 is 2.74 bits per heavy atom. The molecule has 3 atom stereocenters. The molecule has 2 heterocycles. The summed E-state index contributed by atoms with van der Waals surface area (Å²) in [5.74, 6) is -0.906. The molecule has 1 aromatic rings. The Bertz CT molecular complexity index is 610. The topological polar surface area (TPSA) is 75.4 Å². The van der Waals surface area contributed by atoms with Gasteiger partial charge in [0.25, 0.3) is 5.91 Å². The molecule has 126 valence electrons. The minimum atomic E-state index is -0.705. The third-order valence-corrected chi connectivity index (χ3v) is 5.38. The van der Waals surface area contributed by atoms with E-state index in [-0.39, 0.29) is 23.8 Å². The number of carboxylic acid groups (broad SMARTS) is 1. The van der Waals surface area contributed by atoms with Crippen LogP contribution in [0.2, 0.25) is 0 Å². The Morgan fingerprint density at radius 1 is 1.30 bits per heavy atom. The molecule has 2 aliphatic rings. The predicted molar refractivity (Wildman–Crippen MR) is 85.2 cm³/mol. The first-order chi connectivity index (χ1) is 11.0. The number of nitrogens with zero attached hydrogens (tertiary/aromatic N) is 3. The predicted octanol–water partition coefficient (Wildman–Crippen LogP) is 2.32. The van der Waals surface area contributed by atoms with E-state index in [1.165, 1.54) is 0 Å². The second-order valence-electron chi connectivity index (χ2n) is 6.73. The van der Waals surface area contributed by atoms with Crippen molar-refractivity contribution in [3.8, 4) is 0 Å². The van der Waals surface area contributed by atoms with E-state index in [1.807, 2.05) is 24.8 Å². The lowest BCUT2D eigenvalue weighted by atomic mass is 9.72. The van der Waals surface area contributed by atoms with Gasteiger partial charge in [-0.2, -0.15) is 5.10 Å². The zero-order valence-corrected chi connectivity index (χ0v) is 13.9. The molecule has 1 aromatic heterocycles. The van der Waals surface area contributed by atoms with Gasteiger partial charge in [0.15, 0.2) is 0 Å². The van der Waals surface area contributed by atoms with E-state index in [4.69, 9.17) is 0 Å².